The summed E-state index contributed by atoms with van der Waals surface area (Å²) in [5.74, 6) is 0.845. The van der Waals surface area contributed by atoms with Crippen LogP contribution in [-0.2, 0) is 0 Å². The fraction of sp³-hybridized carbons (Fsp3) is 0.818. The molecule has 0 heterocycles. The van der Waals surface area contributed by atoms with E-state index in [0.29, 0.717) is 0 Å². The molecular weight excluding hydrogens is 132 g/mol. The fourth-order valence-corrected chi connectivity index (χ4v) is 0.895. The molecule has 0 saturated heterocycles. The van der Waals surface area contributed by atoms with E-state index in [2.05, 4.69) is 34.3 Å². The van der Waals surface area contributed by atoms with Crippen LogP contribution < -0.4 is 0 Å². The Labute approximate surface area is 74.2 Å². The van der Waals surface area contributed by atoms with Crippen LogP contribution >= 0.6 is 0 Å². The molecule has 70 valence electrons. The van der Waals surface area contributed by atoms with Crippen LogP contribution in [-0.4, -0.2) is 0 Å². The van der Waals surface area contributed by atoms with Crippen LogP contribution in [0.25, 0.3) is 0 Å². The summed E-state index contributed by atoms with van der Waals surface area (Å²) in [6, 6.07) is 0. The van der Waals surface area contributed by atoms with Gasteiger partial charge in [-0.05, 0) is 12.3 Å². The Bertz CT molecular complexity index is 69.4. The van der Waals surface area contributed by atoms with Crippen molar-refractivity contribution >= 4 is 0 Å². The van der Waals surface area contributed by atoms with Crippen molar-refractivity contribution in [2.45, 2.75) is 53.4 Å². The van der Waals surface area contributed by atoms with Crippen LogP contribution in [0.2, 0.25) is 0 Å². The van der Waals surface area contributed by atoms with Crippen LogP contribution in [0, 0.1) is 5.92 Å². The Kier molecular flexibility index (Phi) is 15.1. The normalized spacial score (nSPS) is 11.3. The van der Waals surface area contributed by atoms with Crippen molar-refractivity contribution < 1.29 is 1.43 Å². The van der Waals surface area contributed by atoms with E-state index in [1.807, 2.05) is 6.08 Å². The van der Waals surface area contributed by atoms with E-state index in [4.69, 9.17) is 0 Å². The molecule has 0 aliphatic rings. The largest absolute Gasteiger partial charge is 0.103 e. The molecule has 0 aromatic carbocycles. The van der Waals surface area contributed by atoms with Crippen molar-refractivity contribution in [1.29, 1.82) is 0 Å². The summed E-state index contributed by atoms with van der Waals surface area (Å²) in [5.41, 5.74) is 0. The average molecular weight is 158 g/mol. The van der Waals surface area contributed by atoms with Crippen molar-refractivity contribution in [3.63, 3.8) is 0 Å². The predicted octanol–water partition coefficient (Wildman–Crippen LogP) is 4.66. The number of rotatable bonds is 4. The third kappa shape index (κ3) is 17.7. The molecule has 0 aliphatic carbocycles. The summed E-state index contributed by atoms with van der Waals surface area (Å²) in [5, 5.41) is 0. The van der Waals surface area contributed by atoms with E-state index >= 15 is 0 Å². The monoisotopic (exact) mass is 158 g/mol. The highest BCUT2D eigenvalue weighted by molar-refractivity contribution is 4.69. The van der Waals surface area contributed by atoms with Crippen LogP contribution in [0.15, 0.2) is 12.7 Å². The Morgan fingerprint density at radius 3 is 2.09 bits per heavy atom. The van der Waals surface area contributed by atoms with E-state index in [1.165, 1.54) is 25.7 Å². The number of hydrogen-bond donors (Lipinski definition) is 0. The molecule has 0 fully saturated rings. The van der Waals surface area contributed by atoms with E-state index < -0.39 is 0 Å². The molecule has 0 radical (unpaired) electrons. The van der Waals surface area contributed by atoms with Gasteiger partial charge in [0.2, 0.25) is 0 Å². The third-order valence-electron chi connectivity index (χ3n) is 1.35. The molecule has 0 bridgehead atoms. The van der Waals surface area contributed by atoms with Crippen LogP contribution in [0.3, 0.4) is 0 Å². The summed E-state index contributed by atoms with van der Waals surface area (Å²) in [6.45, 7) is 12.4. The summed E-state index contributed by atoms with van der Waals surface area (Å²) < 4.78 is 0. The number of hydrogen-bond acceptors (Lipinski definition) is 0. The van der Waals surface area contributed by atoms with Crippen molar-refractivity contribution in [2.75, 3.05) is 0 Å². The first-order valence-corrected chi connectivity index (χ1v) is 4.83. The molecule has 1 atom stereocenters. The zero-order valence-electron chi connectivity index (χ0n) is 8.69. The summed E-state index contributed by atoms with van der Waals surface area (Å²) >= 11 is 0. The lowest BCUT2D eigenvalue weighted by atomic mass is 10.0. The van der Waals surface area contributed by atoms with Gasteiger partial charge >= 0.3 is 0 Å². The van der Waals surface area contributed by atoms with Crippen LogP contribution in [0.5, 0.6) is 0 Å². The molecular formula is C11H26. The average Bonchev–Trinajstić information content (AvgIpc) is 1.90. The van der Waals surface area contributed by atoms with Crippen molar-refractivity contribution in [3.8, 4) is 0 Å². The maximum absolute atomic E-state index is 3.68. The minimum Gasteiger partial charge on any atom is -0.103 e. The van der Waals surface area contributed by atoms with Crippen LogP contribution in [0.4, 0.5) is 0 Å². The van der Waals surface area contributed by atoms with E-state index in [1.54, 1.807) is 0 Å². The molecule has 0 amide bonds. The molecule has 0 aromatic heterocycles. The van der Waals surface area contributed by atoms with Crippen molar-refractivity contribution in [1.82, 2.24) is 0 Å². The standard InChI is InChI=1S/C8H16.C3H8.H2/c1-4-6-8(3)7-5-2;1-3-2;/h4,8H,1,5-7H2,2-3H3;3H2,1-2H3;1H. The molecule has 0 spiro atoms. The van der Waals surface area contributed by atoms with Gasteiger partial charge in [-0.15, -0.1) is 6.58 Å². The van der Waals surface area contributed by atoms with Gasteiger partial charge in [-0.3, -0.25) is 0 Å². The second-order valence-electron chi connectivity index (χ2n) is 3.13. The summed E-state index contributed by atoms with van der Waals surface area (Å²) in [4.78, 5) is 0. The molecule has 11 heavy (non-hydrogen) atoms. The molecule has 0 aliphatic heterocycles. The number of allylic oxidation sites excluding steroid dienone is 1. The lowest BCUT2D eigenvalue weighted by molar-refractivity contribution is 0.532. The van der Waals surface area contributed by atoms with E-state index in [0.717, 1.165) is 5.92 Å². The molecule has 0 heteroatoms. The Morgan fingerprint density at radius 1 is 1.36 bits per heavy atom. The van der Waals surface area contributed by atoms with Gasteiger partial charge in [0.25, 0.3) is 0 Å². The second-order valence-corrected chi connectivity index (χ2v) is 3.13. The van der Waals surface area contributed by atoms with Crippen LogP contribution in [0.1, 0.15) is 54.8 Å². The smallest absolute Gasteiger partial charge is 0 e. The molecule has 0 rings (SSSR count). The quantitative estimate of drug-likeness (QED) is 0.522. The first-order chi connectivity index (χ1) is 5.22. The Hall–Kier alpha value is -0.260. The zero-order valence-corrected chi connectivity index (χ0v) is 8.69. The molecule has 0 saturated carbocycles. The lowest BCUT2D eigenvalue weighted by Gasteiger charge is -2.03. The highest BCUT2D eigenvalue weighted by Crippen LogP contribution is 2.08. The predicted molar refractivity (Wildman–Crippen MR) is 57.0 cm³/mol. The third-order valence-corrected chi connectivity index (χ3v) is 1.35. The van der Waals surface area contributed by atoms with Gasteiger partial charge in [0.15, 0.2) is 0 Å². The zero-order chi connectivity index (χ0) is 9.11. The molecule has 1 unspecified atom stereocenters. The van der Waals surface area contributed by atoms with Gasteiger partial charge in [0, 0.05) is 1.43 Å². The second kappa shape index (κ2) is 12.4. The first-order valence-electron chi connectivity index (χ1n) is 4.83. The van der Waals surface area contributed by atoms with Gasteiger partial charge in [0.05, 0.1) is 0 Å². The molecule has 0 aromatic rings. The minimum atomic E-state index is 0. The van der Waals surface area contributed by atoms with Crippen molar-refractivity contribution in [3.05, 3.63) is 12.7 Å². The summed E-state index contributed by atoms with van der Waals surface area (Å²) in [6.07, 6.45) is 7.06. The van der Waals surface area contributed by atoms with Gasteiger partial charge < -0.3 is 0 Å². The Morgan fingerprint density at radius 2 is 1.82 bits per heavy atom. The van der Waals surface area contributed by atoms with Gasteiger partial charge in [-0.25, -0.2) is 0 Å². The fourth-order valence-electron chi connectivity index (χ4n) is 0.895. The maximum atomic E-state index is 3.68. The lowest BCUT2D eigenvalue weighted by Crippen LogP contribution is -1.89. The van der Waals surface area contributed by atoms with E-state index in [9.17, 15) is 0 Å². The maximum Gasteiger partial charge on any atom is 0 e. The van der Waals surface area contributed by atoms with Crippen molar-refractivity contribution in [2.24, 2.45) is 5.92 Å². The molecule has 0 N–H and O–H groups in total. The minimum absolute atomic E-state index is 0. The topological polar surface area (TPSA) is 0 Å². The highest BCUT2D eigenvalue weighted by Gasteiger charge is 1.94. The van der Waals surface area contributed by atoms with Gasteiger partial charge in [-0.1, -0.05) is 53.0 Å². The van der Waals surface area contributed by atoms with E-state index in [-0.39, 0.29) is 1.43 Å². The molecule has 0 nitrogen and oxygen atoms in total. The van der Waals surface area contributed by atoms with Gasteiger partial charge in [-0.2, -0.15) is 0 Å². The van der Waals surface area contributed by atoms with Gasteiger partial charge in [0.1, 0.15) is 0 Å². The SMILES string of the molecule is C=CCC(C)CCC.CCC.[HH]. The Balaban J connectivity index is -0.000000177. The first kappa shape index (κ1) is 13.3. The summed E-state index contributed by atoms with van der Waals surface area (Å²) in [7, 11) is 0. The highest BCUT2D eigenvalue weighted by atomic mass is 14.0.